The zero-order valence-electron chi connectivity index (χ0n) is 9.71. The lowest BCUT2D eigenvalue weighted by Crippen LogP contribution is -2.08. The zero-order valence-corrected chi connectivity index (χ0v) is 9.71. The van der Waals surface area contributed by atoms with Gasteiger partial charge in [0.15, 0.2) is 5.69 Å². The van der Waals surface area contributed by atoms with Crippen molar-refractivity contribution in [2.75, 3.05) is 6.61 Å². The fourth-order valence-corrected chi connectivity index (χ4v) is 1.45. The van der Waals surface area contributed by atoms with Crippen molar-refractivity contribution in [3.63, 3.8) is 0 Å². The molecule has 0 atom stereocenters. The van der Waals surface area contributed by atoms with E-state index in [-0.39, 0.29) is 5.69 Å². The molecule has 17 heavy (non-hydrogen) atoms. The average Bonchev–Trinajstić information content (AvgIpc) is 2.91. The van der Waals surface area contributed by atoms with E-state index in [1.807, 2.05) is 6.07 Å². The van der Waals surface area contributed by atoms with Gasteiger partial charge in [0.05, 0.1) is 31.4 Å². The number of hydrogen-bond acceptors (Lipinski definition) is 5. The van der Waals surface area contributed by atoms with Crippen LogP contribution in [-0.4, -0.2) is 27.6 Å². The van der Waals surface area contributed by atoms with Crippen LogP contribution in [0.4, 0.5) is 0 Å². The molecule has 0 aliphatic heterocycles. The molecule has 0 radical (unpaired) electrons. The summed E-state index contributed by atoms with van der Waals surface area (Å²) in [6.45, 7) is 4.39. The van der Waals surface area contributed by atoms with E-state index in [2.05, 4.69) is 10.3 Å². The molecule has 0 bridgehead atoms. The molecule has 2 aromatic heterocycles. The Hall–Kier alpha value is -2.11. The molecule has 6 nitrogen and oxygen atoms in total. The SMILES string of the molecule is CCOC(=O)c1nnn(Cc2ccoc2)c1C. The van der Waals surface area contributed by atoms with Gasteiger partial charge in [-0.15, -0.1) is 5.10 Å². The largest absolute Gasteiger partial charge is 0.472 e. The van der Waals surface area contributed by atoms with Gasteiger partial charge in [-0.1, -0.05) is 5.21 Å². The van der Waals surface area contributed by atoms with Gasteiger partial charge >= 0.3 is 5.97 Å². The van der Waals surface area contributed by atoms with Crippen molar-refractivity contribution >= 4 is 5.97 Å². The van der Waals surface area contributed by atoms with Crippen LogP contribution in [0.5, 0.6) is 0 Å². The van der Waals surface area contributed by atoms with Crippen molar-refractivity contribution < 1.29 is 13.9 Å². The van der Waals surface area contributed by atoms with Crippen LogP contribution in [0.15, 0.2) is 23.0 Å². The second-order valence-electron chi connectivity index (χ2n) is 3.53. The van der Waals surface area contributed by atoms with Gasteiger partial charge in [0.1, 0.15) is 0 Å². The summed E-state index contributed by atoms with van der Waals surface area (Å²) in [7, 11) is 0. The minimum absolute atomic E-state index is 0.260. The minimum atomic E-state index is -0.441. The van der Waals surface area contributed by atoms with Crippen LogP contribution in [-0.2, 0) is 11.3 Å². The Balaban J connectivity index is 2.18. The fraction of sp³-hybridized carbons (Fsp3) is 0.364. The maximum absolute atomic E-state index is 11.5. The number of furan rings is 1. The van der Waals surface area contributed by atoms with Crippen molar-refractivity contribution in [3.05, 3.63) is 35.5 Å². The molecule has 2 aromatic rings. The van der Waals surface area contributed by atoms with Gasteiger partial charge in [-0.25, -0.2) is 9.48 Å². The van der Waals surface area contributed by atoms with Crippen molar-refractivity contribution in [1.82, 2.24) is 15.0 Å². The van der Waals surface area contributed by atoms with Crippen LogP contribution in [0.25, 0.3) is 0 Å². The maximum atomic E-state index is 11.5. The van der Waals surface area contributed by atoms with Crippen LogP contribution in [0.3, 0.4) is 0 Å². The van der Waals surface area contributed by atoms with E-state index < -0.39 is 5.97 Å². The van der Waals surface area contributed by atoms with Crippen LogP contribution < -0.4 is 0 Å². The standard InChI is InChI=1S/C11H13N3O3/c1-3-17-11(15)10-8(2)14(13-12-10)6-9-4-5-16-7-9/h4-5,7H,3,6H2,1-2H3. The number of aromatic nitrogens is 3. The molecule has 0 aliphatic carbocycles. The summed E-state index contributed by atoms with van der Waals surface area (Å²) < 4.78 is 11.5. The lowest BCUT2D eigenvalue weighted by atomic mass is 10.3. The summed E-state index contributed by atoms with van der Waals surface area (Å²) in [6.07, 6.45) is 3.22. The molecule has 0 N–H and O–H groups in total. The normalized spacial score (nSPS) is 10.5. The van der Waals surface area contributed by atoms with Crippen LogP contribution in [0, 0.1) is 6.92 Å². The first kappa shape index (κ1) is 11.4. The van der Waals surface area contributed by atoms with E-state index >= 15 is 0 Å². The predicted octanol–water partition coefficient (Wildman–Crippen LogP) is 1.40. The van der Waals surface area contributed by atoms with Gasteiger partial charge in [-0.3, -0.25) is 0 Å². The number of hydrogen-bond donors (Lipinski definition) is 0. The van der Waals surface area contributed by atoms with Gasteiger partial charge in [0, 0.05) is 5.56 Å². The highest BCUT2D eigenvalue weighted by Gasteiger charge is 2.17. The topological polar surface area (TPSA) is 70.2 Å². The van der Waals surface area contributed by atoms with Crippen molar-refractivity contribution in [2.24, 2.45) is 0 Å². The third-order valence-corrected chi connectivity index (χ3v) is 2.36. The molecule has 0 unspecified atom stereocenters. The van der Waals surface area contributed by atoms with Crippen molar-refractivity contribution in [1.29, 1.82) is 0 Å². The van der Waals surface area contributed by atoms with Gasteiger partial charge in [-0.2, -0.15) is 0 Å². The minimum Gasteiger partial charge on any atom is -0.472 e. The van der Waals surface area contributed by atoms with E-state index in [1.165, 1.54) is 0 Å². The van der Waals surface area contributed by atoms with Gasteiger partial charge in [-0.05, 0) is 19.9 Å². The molecule has 0 aromatic carbocycles. The fourth-order valence-electron chi connectivity index (χ4n) is 1.45. The van der Waals surface area contributed by atoms with E-state index in [9.17, 15) is 4.79 Å². The quantitative estimate of drug-likeness (QED) is 0.749. The predicted molar refractivity (Wildman–Crippen MR) is 58.5 cm³/mol. The summed E-state index contributed by atoms with van der Waals surface area (Å²) in [6, 6.07) is 1.84. The van der Waals surface area contributed by atoms with Crippen LogP contribution in [0.2, 0.25) is 0 Å². The number of ether oxygens (including phenoxy) is 1. The number of carbonyl (C=O) groups excluding carboxylic acids is 1. The Morgan fingerprint density at radius 3 is 3.06 bits per heavy atom. The Labute approximate surface area is 98.2 Å². The first-order chi connectivity index (χ1) is 8.22. The molecular weight excluding hydrogens is 222 g/mol. The number of rotatable bonds is 4. The van der Waals surface area contributed by atoms with Gasteiger partial charge < -0.3 is 9.15 Å². The number of esters is 1. The molecule has 0 fully saturated rings. The highest BCUT2D eigenvalue weighted by molar-refractivity contribution is 5.88. The lowest BCUT2D eigenvalue weighted by molar-refractivity contribution is 0.0518. The lowest BCUT2D eigenvalue weighted by Gasteiger charge is -2.01. The summed E-state index contributed by atoms with van der Waals surface area (Å²) in [4.78, 5) is 11.5. The first-order valence-electron chi connectivity index (χ1n) is 5.30. The second-order valence-corrected chi connectivity index (χ2v) is 3.53. The molecule has 90 valence electrons. The third-order valence-electron chi connectivity index (χ3n) is 2.36. The summed E-state index contributed by atoms with van der Waals surface area (Å²) in [5.74, 6) is -0.441. The first-order valence-corrected chi connectivity index (χ1v) is 5.30. The molecule has 0 saturated carbocycles. The smallest absolute Gasteiger partial charge is 0.360 e. The Kier molecular flexibility index (Phi) is 3.22. The van der Waals surface area contributed by atoms with Gasteiger partial charge in [0.2, 0.25) is 0 Å². The van der Waals surface area contributed by atoms with Crippen molar-refractivity contribution in [3.8, 4) is 0 Å². The summed E-state index contributed by atoms with van der Waals surface area (Å²) >= 11 is 0. The Morgan fingerprint density at radius 2 is 2.41 bits per heavy atom. The summed E-state index contributed by atoms with van der Waals surface area (Å²) in [5, 5.41) is 7.74. The highest BCUT2D eigenvalue weighted by Crippen LogP contribution is 2.09. The molecule has 2 heterocycles. The molecule has 0 amide bonds. The third kappa shape index (κ3) is 2.35. The molecule has 2 rings (SSSR count). The van der Waals surface area contributed by atoms with E-state index in [4.69, 9.17) is 9.15 Å². The van der Waals surface area contributed by atoms with Crippen LogP contribution >= 0.6 is 0 Å². The molecular formula is C11H13N3O3. The average molecular weight is 235 g/mol. The van der Waals surface area contributed by atoms with E-state index in [0.29, 0.717) is 18.8 Å². The molecule has 6 heteroatoms. The molecule has 0 spiro atoms. The van der Waals surface area contributed by atoms with Gasteiger partial charge in [0.25, 0.3) is 0 Å². The summed E-state index contributed by atoms with van der Waals surface area (Å²) in [5.41, 5.74) is 1.91. The highest BCUT2D eigenvalue weighted by atomic mass is 16.5. The number of nitrogens with zero attached hydrogens (tertiary/aromatic N) is 3. The Morgan fingerprint density at radius 1 is 1.59 bits per heavy atom. The Bertz CT molecular complexity index is 502. The molecule has 0 aliphatic rings. The van der Waals surface area contributed by atoms with Crippen molar-refractivity contribution in [2.45, 2.75) is 20.4 Å². The monoisotopic (exact) mass is 235 g/mol. The zero-order chi connectivity index (χ0) is 12.3. The van der Waals surface area contributed by atoms with E-state index in [0.717, 1.165) is 5.56 Å². The molecule has 0 saturated heterocycles. The second kappa shape index (κ2) is 4.82. The van der Waals surface area contributed by atoms with E-state index in [1.54, 1.807) is 31.1 Å². The van der Waals surface area contributed by atoms with Crippen LogP contribution in [0.1, 0.15) is 28.7 Å². The number of carbonyl (C=O) groups is 1. The maximum Gasteiger partial charge on any atom is 0.360 e.